The molecule has 192 valence electrons. The van der Waals surface area contributed by atoms with E-state index in [0.29, 0.717) is 12.8 Å². The van der Waals surface area contributed by atoms with Gasteiger partial charge in [-0.1, -0.05) is 85.5 Å². The molecule has 0 aliphatic carbocycles. The van der Waals surface area contributed by atoms with E-state index < -0.39 is 0 Å². The Morgan fingerprint density at radius 2 is 0.906 bits per heavy atom. The lowest BCUT2D eigenvalue weighted by Gasteiger charge is -2.04. The molecule has 0 heterocycles. The summed E-state index contributed by atoms with van der Waals surface area (Å²) >= 11 is 0. The van der Waals surface area contributed by atoms with Crippen molar-refractivity contribution in [3.8, 4) is 0 Å². The van der Waals surface area contributed by atoms with Crippen molar-refractivity contribution in [1.82, 2.24) is 0 Å². The summed E-state index contributed by atoms with van der Waals surface area (Å²) in [5.74, 6) is 0. The molecule has 0 aromatic rings. The van der Waals surface area contributed by atoms with E-state index in [0.717, 1.165) is 44.9 Å². The van der Waals surface area contributed by atoms with Crippen LogP contribution >= 0.6 is 0 Å². The van der Waals surface area contributed by atoms with Crippen LogP contribution in [0.3, 0.4) is 0 Å². The summed E-state index contributed by atoms with van der Waals surface area (Å²) in [5.41, 5.74) is 0. The molecule has 9 nitrogen and oxygen atoms in total. The molecular weight excluding hydrogens is 414 g/mol. The highest BCUT2D eigenvalue weighted by Gasteiger charge is 2.15. The molecule has 32 heavy (non-hydrogen) atoms. The second kappa shape index (κ2) is 29.2. The Morgan fingerprint density at radius 3 is 1.25 bits per heavy atom. The minimum absolute atomic E-state index is 0.122. The van der Waals surface area contributed by atoms with Crippen LogP contribution in [0.1, 0.15) is 130 Å². The van der Waals surface area contributed by atoms with Crippen molar-refractivity contribution < 1.29 is 14.8 Å². The Hall–Kier alpha value is -1.80. The van der Waals surface area contributed by atoms with Crippen molar-refractivity contribution in [2.75, 3.05) is 13.1 Å². The highest BCUT2D eigenvalue weighted by atomic mass is 16.6. The van der Waals surface area contributed by atoms with Crippen LogP contribution < -0.4 is 0 Å². The largest absolute Gasteiger partial charge is 0.265 e. The first kappa shape index (κ1) is 34.8. The number of rotatable bonds is 19. The topological polar surface area (TPSA) is 129 Å². The van der Waals surface area contributed by atoms with Crippen molar-refractivity contribution >= 4 is 0 Å². The lowest BCUT2D eigenvalue weighted by atomic mass is 10.1. The summed E-state index contributed by atoms with van der Waals surface area (Å²) in [7, 11) is 0. The lowest BCUT2D eigenvalue weighted by Crippen LogP contribution is -2.17. The van der Waals surface area contributed by atoms with E-state index in [4.69, 9.17) is 0 Å². The zero-order valence-electron chi connectivity index (χ0n) is 21.1. The molecule has 0 aliphatic rings. The molecule has 0 radical (unpaired) electrons. The fourth-order valence-electron chi connectivity index (χ4n) is 2.93. The van der Waals surface area contributed by atoms with Gasteiger partial charge in [0.05, 0.1) is 0 Å². The molecule has 0 saturated carbocycles. The van der Waals surface area contributed by atoms with E-state index in [9.17, 15) is 30.3 Å². The Balaban J connectivity index is -0.000000417. The van der Waals surface area contributed by atoms with E-state index in [1.165, 1.54) is 44.9 Å². The molecule has 0 aliphatic heterocycles. The highest BCUT2D eigenvalue weighted by Crippen LogP contribution is 2.09. The molecule has 1 atom stereocenters. The van der Waals surface area contributed by atoms with Crippen LogP contribution in [-0.2, 0) is 0 Å². The molecule has 0 aromatic heterocycles. The van der Waals surface area contributed by atoms with Gasteiger partial charge in [0.2, 0.25) is 19.1 Å². The van der Waals surface area contributed by atoms with E-state index in [1.54, 1.807) is 0 Å². The molecule has 9 heteroatoms. The molecular formula is C23H49N3O6. The minimum Gasteiger partial charge on any atom is -0.265 e. The summed E-state index contributed by atoms with van der Waals surface area (Å²) in [6.45, 7) is 8.40. The quantitative estimate of drug-likeness (QED) is 0.111. The number of hydrogen-bond donors (Lipinski definition) is 0. The van der Waals surface area contributed by atoms with E-state index in [-0.39, 0.29) is 33.9 Å². The van der Waals surface area contributed by atoms with Gasteiger partial charge in [-0.15, -0.1) is 0 Å². The van der Waals surface area contributed by atoms with E-state index in [2.05, 4.69) is 13.8 Å². The number of unbranched alkanes of at least 4 members (excludes halogenated alkanes) is 11. The Bertz CT molecular complexity index is 436. The molecule has 1 unspecified atom stereocenters. The average Bonchev–Trinajstić information content (AvgIpc) is 2.74. The fraction of sp³-hybridized carbons (Fsp3) is 1.00. The summed E-state index contributed by atoms with van der Waals surface area (Å²) in [6, 6.07) is -0.304. The number of nitro groups is 3. The van der Waals surface area contributed by atoms with Gasteiger partial charge in [-0.3, -0.25) is 30.3 Å². The maximum Gasteiger partial charge on any atom is 0.212 e. The van der Waals surface area contributed by atoms with Gasteiger partial charge >= 0.3 is 0 Å². The predicted molar refractivity (Wildman–Crippen MR) is 131 cm³/mol. The number of nitrogens with zero attached hydrogens (tertiary/aromatic N) is 3. The summed E-state index contributed by atoms with van der Waals surface area (Å²) in [5, 5.41) is 29.9. The summed E-state index contributed by atoms with van der Waals surface area (Å²) < 4.78 is 0. The van der Waals surface area contributed by atoms with Crippen LogP contribution in [0.15, 0.2) is 0 Å². The molecule has 0 fully saturated rings. The maximum absolute atomic E-state index is 10.3. The van der Waals surface area contributed by atoms with Gasteiger partial charge in [-0.05, 0) is 19.3 Å². The second-order valence-electron chi connectivity index (χ2n) is 8.14. The fourth-order valence-corrected chi connectivity index (χ4v) is 2.93. The van der Waals surface area contributed by atoms with Crippen molar-refractivity contribution in [1.29, 1.82) is 0 Å². The van der Waals surface area contributed by atoms with E-state index in [1.807, 2.05) is 13.8 Å². The van der Waals surface area contributed by atoms with Crippen LogP contribution in [0, 0.1) is 30.3 Å². The molecule has 0 aromatic carbocycles. The van der Waals surface area contributed by atoms with Crippen molar-refractivity contribution in [3.05, 3.63) is 30.3 Å². The molecule has 0 rings (SSSR count). The number of hydrogen-bond acceptors (Lipinski definition) is 6. The lowest BCUT2D eigenvalue weighted by molar-refractivity contribution is -0.523. The monoisotopic (exact) mass is 463 g/mol. The Kier molecular flexibility index (Phi) is 31.8. The molecule has 0 spiro atoms. The smallest absolute Gasteiger partial charge is 0.212 e. The first-order valence-electron chi connectivity index (χ1n) is 12.6. The van der Waals surface area contributed by atoms with Gasteiger partial charge in [0.1, 0.15) is 0 Å². The first-order valence-corrected chi connectivity index (χ1v) is 12.6. The predicted octanol–water partition coefficient (Wildman–Crippen LogP) is 7.48. The third-order valence-corrected chi connectivity index (χ3v) is 5.05. The van der Waals surface area contributed by atoms with Crippen molar-refractivity contribution in [2.24, 2.45) is 0 Å². The maximum atomic E-state index is 10.3. The molecule has 0 amide bonds. The third kappa shape index (κ3) is 35.6. The molecule has 0 N–H and O–H groups in total. The van der Waals surface area contributed by atoms with E-state index >= 15 is 0 Å². The van der Waals surface area contributed by atoms with Gasteiger partial charge in [0.25, 0.3) is 0 Å². The van der Waals surface area contributed by atoms with Crippen LogP contribution in [0.2, 0.25) is 0 Å². The van der Waals surface area contributed by atoms with Gasteiger partial charge in [-0.2, -0.15) is 0 Å². The van der Waals surface area contributed by atoms with Crippen molar-refractivity contribution in [3.63, 3.8) is 0 Å². The second-order valence-corrected chi connectivity index (χ2v) is 8.14. The first-order chi connectivity index (χ1) is 15.3. The van der Waals surface area contributed by atoms with Gasteiger partial charge < -0.3 is 0 Å². The van der Waals surface area contributed by atoms with Crippen LogP contribution in [0.4, 0.5) is 0 Å². The minimum atomic E-state index is -0.304. The summed E-state index contributed by atoms with van der Waals surface area (Å²) in [4.78, 5) is 29.2. The third-order valence-electron chi connectivity index (χ3n) is 5.05. The molecule has 0 saturated heterocycles. The standard InChI is InChI=1S/C11H23NO2.C8H17NO2.C4H9NO2/c1-2-3-4-5-6-7-8-9-10-11-12(13)14;1-3-5-6-7-8(4-2)9(10)11;1-2-3-4-5(6)7/h2-11H2,1H3;8H,3-7H2,1-2H3;2-4H2,1H3. The van der Waals surface area contributed by atoms with Gasteiger partial charge in [0, 0.05) is 40.5 Å². The SMILES string of the molecule is CCCCCC(CC)[N+](=O)[O-].CCCCCCCCCCC[N+](=O)[O-].CCCC[N+](=O)[O-]. The van der Waals surface area contributed by atoms with Gasteiger partial charge in [-0.25, -0.2) is 0 Å². The zero-order valence-corrected chi connectivity index (χ0v) is 21.1. The van der Waals surface area contributed by atoms with Crippen LogP contribution in [-0.4, -0.2) is 33.9 Å². The highest BCUT2D eigenvalue weighted by molar-refractivity contribution is 4.53. The Labute approximate surface area is 195 Å². The Morgan fingerprint density at radius 1 is 0.531 bits per heavy atom. The summed E-state index contributed by atoms with van der Waals surface area (Å²) in [6.07, 6.45) is 17.1. The van der Waals surface area contributed by atoms with Gasteiger partial charge in [0.15, 0.2) is 0 Å². The van der Waals surface area contributed by atoms with Crippen molar-refractivity contribution in [2.45, 2.75) is 136 Å². The molecule has 0 bridgehead atoms. The zero-order chi connectivity index (χ0) is 25.0. The normalized spacial score (nSPS) is 10.9. The average molecular weight is 464 g/mol. The van der Waals surface area contributed by atoms with Crippen LogP contribution in [0.25, 0.3) is 0 Å². The van der Waals surface area contributed by atoms with Crippen LogP contribution in [0.5, 0.6) is 0 Å².